The standard InChI is InChI=1S/C13H11NO5S/c1-20(17,18)12-7-9(13(15)16)4-5-11(12)19-10-3-2-6-14-8-10/h2-8H,1H3,(H,15,16). The molecule has 7 heteroatoms. The minimum atomic E-state index is -3.62. The molecule has 0 unspecified atom stereocenters. The molecule has 0 aliphatic carbocycles. The predicted octanol–water partition coefficient (Wildman–Crippen LogP) is 1.98. The summed E-state index contributed by atoms with van der Waals surface area (Å²) in [7, 11) is -3.62. The Kier molecular flexibility index (Phi) is 3.71. The monoisotopic (exact) mass is 293 g/mol. The maximum Gasteiger partial charge on any atom is 0.335 e. The van der Waals surface area contributed by atoms with E-state index in [0.717, 1.165) is 12.3 Å². The van der Waals surface area contributed by atoms with Gasteiger partial charge < -0.3 is 9.84 Å². The van der Waals surface area contributed by atoms with Crippen molar-refractivity contribution in [3.8, 4) is 11.5 Å². The second-order valence-corrected chi connectivity index (χ2v) is 6.01. The summed E-state index contributed by atoms with van der Waals surface area (Å²) in [6.45, 7) is 0. The maximum atomic E-state index is 11.7. The molecule has 20 heavy (non-hydrogen) atoms. The van der Waals surface area contributed by atoms with Crippen LogP contribution >= 0.6 is 0 Å². The average Bonchev–Trinajstić information content (AvgIpc) is 2.39. The summed E-state index contributed by atoms with van der Waals surface area (Å²) in [6.07, 6.45) is 3.97. The van der Waals surface area contributed by atoms with Crippen LogP contribution in [0.3, 0.4) is 0 Å². The van der Waals surface area contributed by atoms with Gasteiger partial charge in [-0.1, -0.05) is 0 Å². The van der Waals surface area contributed by atoms with Crippen LogP contribution in [0.2, 0.25) is 0 Å². The number of rotatable bonds is 4. The summed E-state index contributed by atoms with van der Waals surface area (Å²) in [6, 6.07) is 6.92. The Morgan fingerprint density at radius 2 is 2.05 bits per heavy atom. The van der Waals surface area contributed by atoms with Gasteiger partial charge in [0.25, 0.3) is 0 Å². The highest BCUT2D eigenvalue weighted by atomic mass is 32.2. The molecule has 0 saturated carbocycles. The van der Waals surface area contributed by atoms with Crippen molar-refractivity contribution >= 4 is 15.8 Å². The zero-order valence-electron chi connectivity index (χ0n) is 10.5. The highest BCUT2D eigenvalue weighted by Gasteiger charge is 2.18. The van der Waals surface area contributed by atoms with Gasteiger partial charge in [0.15, 0.2) is 9.84 Å². The smallest absolute Gasteiger partial charge is 0.335 e. The number of ether oxygens (including phenoxy) is 1. The summed E-state index contributed by atoms with van der Waals surface area (Å²) in [5.41, 5.74) is -0.121. The summed E-state index contributed by atoms with van der Waals surface area (Å²) in [5, 5.41) is 8.91. The van der Waals surface area contributed by atoms with Gasteiger partial charge in [0.05, 0.1) is 11.8 Å². The highest BCUT2D eigenvalue weighted by molar-refractivity contribution is 7.90. The molecule has 2 rings (SSSR count). The fraction of sp³-hybridized carbons (Fsp3) is 0.0769. The second-order valence-electron chi connectivity index (χ2n) is 4.03. The number of hydrogen-bond donors (Lipinski definition) is 1. The zero-order chi connectivity index (χ0) is 14.8. The van der Waals surface area contributed by atoms with E-state index in [-0.39, 0.29) is 16.2 Å². The Balaban J connectivity index is 2.50. The molecule has 0 spiro atoms. The van der Waals surface area contributed by atoms with E-state index < -0.39 is 15.8 Å². The van der Waals surface area contributed by atoms with Crippen LogP contribution in [0, 0.1) is 0 Å². The predicted molar refractivity (Wildman–Crippen MR) is 70.8 cm³/mol. The fourth-order valence-electron chi connectivity index (χ4n) is 1.55. The third-order valence-electron chi connectivity index (χ3n) is 2.45. The van der Waals surface area contributed by atoms with Gasteiger partial charge in [-0.15, -0.1) is 0 Å². The molecule has 1 heterocycles. The van der Waals surface area contributed by atoms with E-state index in [0.29, 0.717) is 5.75 Å². The Hall–Kier alpha value is -2.41. The van der Waals surface area contributed by atoms with Crippen LogP contribution in [-0.2, 0) is 9.84 Å². The summed E-state index contributed by atoms with van der Waals surface area (Å²) in [4.78, 5) is 14.6. The Morgan fingerprint density at radius 3 is 2.60 bits per heavy atom. The molecule has 0 aliphatic rings. The lowest BCUT2D eigenvalue weighted by Gasteiger charge is -2.10. The van der Waals surface area contributed by atoms with Gasteiger partial charge in [-0.3, -0.25) is 4.98 Å². The van der Waals surface area contributed by atoms with E-state index in [1.54, 1.807) is 18.3 Å². The van der Waals surface area contributed by atoms with E-state index in [9.17, 15) is 13.2 Å². The lowest BCUT2D eigenvalue weighted by atomic mass is 10.2. The summed E-state index contributed by atoms with van der Waals surface area (Å²) < 4.78 is 28.9. The number of hydrogen-bond acceptors (Lipinski definition) is 5. The Bertz CT molecular complexity index is 741. The lowest BCUT2D eigenvalue weighted by molar-refractivity contribution is 0.0696. The van der Waals surface area contributed by atoms with Gasteiger partial charge in [-0.2, -0.15) is 0 Å². The van der Waals surface area contributed by atoms with Gasteiger partial charge >= 0.3 is 5.97 Å². The van der Waals surface area contributed by atoms with E-state index in [4.69, 9.17) is 9.84 Å². The van der Waals surface area contributed by atoms with E-state index >= 15 is 0 Å². The molecule has 0 aliphatic heterocycles. The van der Waals surface area contributed by atoms with Crippen molar-refractivity contribution in [3.05, 3.63) is 48.3 Å². The Morgan fingerprint density at radius 1 is 1.30 bits per heavy atom. The van der Waals surface area contributed by atoms with Crippen LogP contribution in [0.25, 0.3) is 0 Å². The molecule has 1 aromatic heterocycles. The molecule has 0 amide bonds. The van der Waals surface area contributed by atoms with Crippen LogP contribution in [-0.4, -0.2) is 30.7 Å². The Labute approximate surface area is 115 Å². The third kappa shape index (κ3) is 3.12. The molecule has 6 nitrogen and oxygen atoms in total. The maximum absolute atomic E-state index is 11.7. The van der Waals surface area contributed by atoms with E-state index in [1.807, 2.05) is 0 Å². The van der Waals surface area contributed by atoms with Crippen LogP contribution in [0.5, 0.6) is 11.5 Å². The van der Waals surface area contributed by atoms with E-state index in [2.05, 4.69) is 4.98 Å². The number of nitrogens with zero attached hydrogens (tertiary/aromatic N) is 1. The zero-order valence-corrected chi connectivity index (χ0v) is 11.3. The van der Waals surface area contributed by atoms with Crippen molar-refractivity contribution in [2.75, 3.05) is 6.26 Å². The van der Waals surface area contributed by atoms with Crippen LogP contribution in [0.4, 0.5) is 0 Å². The molecule has 0 saturated heterocycles. The summed E-state index contributed by atoms with van der Waals surface area (Å²) in [5.74, 6) is -0.784. The molecule has 0 radical (unpaired) electrons. The number of carboxylic acid groups (broad SMARTS) is 1. The van der Waals surface area contributed by atoms with Crippen LogP contribution in [0.1, 0.15) is 10.4 Å². The molecule has 0 bridgehead atoms. The first kappa shape index (κ1) is 14.0. The van der Waals surface area contributed by atoms with Crippen molar-refractivity contribution in [1.29, 1.82) is 0 Å². The van der Waals surface area contributed by atoms with Crippen molar-refractivity contribution in [2.24, 2.45) is 0 Å². The molecule has 1 N–H and O–H groups in total. The molecule has 0 fully saturated rings. The first-order valence-electron chi connectivity index (χ1n) is 5.53. The molecule has 1 aromatic carbocycles. The minimum Gasteiger partial charge on any atom is -0.478 e. The third-order valence-corrected chi connectivity index (χ3v) is 3.57. The van der Waals surface area contributed by atoms with Crippen molar-refractivity contribution in [3.63, 3.8) is 0 Å². The van der Waals surface area contributed by atoms with Gasteiger partial charge in [-0.25, -0.2) is 13.2 Å². The van der Waals surface area contributed by atoms with Crippen LogP contribution in [0.15, 0.2) is 47.6 Å². The van der Waals surface area contributed by atoms with Gasteiger partial charge in [-0.05, 0) is 30.3 Å². The number of pyridine rings is 1. The molecule has 104 valence electrons. The first-order valence-corrected chi connectivity index (χ1v) is 7.42. The molecular formula is C13H11NO5S. The largest absolute Gasteiger partial charge is 0.478 e. The first-order chi connectivity index (χ1) is 9.38. The SMILES string of the molecule is CS(=O)(=O)c1cc(C(=O)O)ccc1Oc1cccnc1. The van der Waals surface area contributed by atoms with Crippen molar-refractivity contribution in [2.45, 2.75) is 4.90 Å². The number of carbonyl (C=O) groups is 1. The number of sulfone groups is 1. The lowest BCUT2D eigenvalue weighted by Crippen LogP contribution is -2.04. The molecule has 0 atom stereocenters. The molecule has 2 aromatic rings. The normalized spacial score (nSPS) is 11.1. The van der Waals surface area contributed by atoms with Crippen molar-refractivity contribution in [1.82, 2.24) is 4.98 Å². The topological polar surface area (TPSA) is 93.6 Å². The quantitative estimate of drug-likeness (QED) is 0.926. The number of carboxylic acids is 1. The average molecular weight is 293 g/mol. The molecular weight excluding hydrogens is 282 g/mol. The van der Waals surface area contributed by atoms with Crippen molar-refractivity contribution < 1.29 is 23.1 Å². The summed E-state index contributed by atoms with van der Waals surface area (Å²) >= 11 is 0. The fourth-order valence-corrected chi connectivity index (χ4v) is 2.37. The number of aromatic carboxylic acids is 1. The second kappa shape index (κ2) is 5.30. The minimum absolute atomic E-state index is 0.0606. The number of benzene rings is 1. The number of aromatic nitrogens is 1. The van der Waals surface area contributed by atoms with E-state index in [1.165, 1.54) is 18.3 Å². The van der Waals surface area contributed by atoms with Crippen LogP contribution < -0.4 is 4.74 Å². The highest BCUT2D eigenvalue weighted by Crippen LogP contribution is 2.29. The van der Waals surface area contributed by atoms with Gasteiger partial charge in [0.2, 0.25) is 0 Å². The van der Waals surface area contributed by atoms with Gasteiger partial charge in [0, 0.05) is 12.5 Å². The van der Waals surface area contributed by atoms with Gasteiger partial charge in [0.1, 0.15) is 16.4 Å².